The van der Waals surface area contributed by atoms with Gasteiger partial charge in [-0.2, -0.15) is 0 Å². The van der Waals surface area contributed by atoms with Crippen LogP contribution in [0.1, 0.15) is 26.5 Å². The molecule has 0 N–H and O–H groups in total. The van der Waals surface area contributed by atoms with Crippen LogP contribution >= 0.6 is 0 Å². The molecule has 0 spiro atoms. The maximum absolute atomic E-state index is 12.0. The zero-order chi connectivity index (χ0) is 15.5. The predicted molar refractivity (Wildman–Crippen MR) is 81.4 cm³/mol. The summed E-state index contributed by atoms with van der Waals surface area (Å²) in [6.07, 6.45) is 5.40. The molecule has 0 bridgehead atoms. The van der Waals surface area contributed by atoms with Gasteiger partial charge in [0.1, 0.15) is 23.7 Å². The van der Waals surface area contributed by atoms with Crippen LogP contribution in [0.25, 0.3) is 11.0 Å². The fraction of sp³-hybridized carbons (Fsp3) is 0.353. The van der Waals surface area contributed by atoms with Gasteiger partial charge in [-0.25, -0.2) is 0 Å². The lowest BCUT2D eigenvalue weighted by atomic mass is 10.1. The standard InChI is InChI=1S/C17H18O4/c1-5-17(3,4)21-12-7-8-14-15(18)9-13(11-19-6-2)20-16(14)10-12/h1,7-10H,6,11H2,2-4H3. The number of terminal acetylenes is 1. The smallest absolute Gasteiger partial charge is 0.193 e. The molecule has 0 saturated carbocycles. The van der Waals surface area contributed by atoms with E-state index >= 15 is 0 Å². The maximum Gasteiger partial charge on any atom is 0.193 e. The molecular weight excluding hydrogens is 268 g/mol. The normalized spacial score (nSPS) is 11.3. The monoisotopic (exact) mass is 286 g/mol. The molecule has 0 atom stereocenters. The van der Waals surface area contributed by atoms with E-state index in [1.165, 1.54) is 6.07 Å². The van der Waals surface area contributed by atoms with Gasteiger partial charge >= 0.3 is 0 Å². The van der Waals surface area contributed by atoms with Gasteiger partial charge < -0.3 is 13.9 Å². The number of benzene rings is 1. The SMILES string of the molecule is C#CC(C)(C)Oc1ccc2c(=O)cc(COCC)oc2c1. The Bertz CT molecular complexity index is 735. The first-order chi connectivity index (χ1) is 9.95. The molecule has 0 aliphatic rings. The molecular formula is C17H18O4. The summed E-state index contributed by atoms with van der Waals surface area (Å²) in [6.45, 7) is 6.29. The number of hydrogen-bond acceptors (Lipinski definition) is 4. The lowest BCUT2D eigenvalue weighted by Crippen LogP contribution is -2.25. The van der Waals surface area contributed by atoms with Crippen molar-refractivity contribution in [2.24, 2.45) is 0 Å². The molecule has 4 nitrogen and oxygen atoms in total. The average molecular weight is 286 g/mol. The number of ether oxygens (including phenoxy) is 2. The quantitative estimate of drug-likeness (QED) is 0.792. The van der Waals surface area contributed by atoms with E-state index in [2.05, 4.69) is 5.92 Å². The van der Waals surface area contributed by atoms with Crippen LogP contribution in [-0.4, -0.2) is 12.2 Å². The van der Waals surface area contributed by atoms with E-state index in [1.54, 1.807) is 32.0 Å². The van der Waals surface area contributed by atoms with Crippen molar-refractivity contribution in [1.29, 1.82) is 0 Å². The Kier molecular flexibility index (Phi) is 4.35. The first kappa shape index (κ1) is 15.1. The number of fused-ring (bicyclic) bond motifs is 1. The first-order valence-corrected chi connectivity index (χ1v) is 6.76. The van der Waals surface area contributed by atoms with Gasteiger partial charge in [-0.15, -0.1) is 6.42 Å². The summed E-state index contributed by atoms with van der Waals surface area (Å²) in [7, 11) is 0. The Morgan fingerprint density at radius 1 is 1.33 bits per heavy atom. The first-order valence-electron chi connectivity index (χ1n) is 6.76. The summed E-state index contributed by atoms with van der Waals surface area (Å²) in [6, 6.07) is 6.50. The van der Waals surface area contributed by atoms with Gasteiger partial charge in [0.25, 0.3) is 0 Å². The highest BCUT2D eigenvalue weighted by molar-refractivity contribution is 5.78. The maximum atomic E-state index is 12.0. The highest BCUT2D eigenvalue weighted by atomic mass is 16.5. The molecule has 21 heavy (non-hydrogen) atoms. The van der Waals surface area contributed by atoms with Gasteiger partial charge in [-0.3, -0.25) is 4.79 Å². The van der Waals surface area contributed by atoms with Crippen LogP contribution < -0.4 is 10.2 Å². The van der Waals surface area contributed by atoms with Crippen molar-refractivity contribution in [2.75, 3.05) is 6.61 Å². The summed E-state index contributed by atoms with van der Waals surface area (Å²) in [5, 5.41) is 0.501. The highest BCUT2D eigenvalue weighted by Gasteiger charge is 2.16. The van der Waals surface area contributed by atoms with Crippen LogP contribution in [0.5, 0.6) is 5.75 Å². The van der Waals surface area contributed by atoms with E-state index in [9.17, 15) is 4.79 Å². The Balaban J connectivity index is 2.41. The van der Waals surface area contributed by atoms with Gasteiger partial charge in [0, 0.05) is 18.7 Å². The second kappa shape index (κ2) is 6.02. The van der Waals surface area contributed by atoms with Gasteiger partial charge in [0.15, 0.2) is 11.0 Å². The van der Waals surface area contributed by atoms with Crippen LogP contribution in [0.15, 0.2) is 33.5 Å². The molecule has 1 aromatic heterocycles. The predicted octanol–water partition coefficient (Wildman–Crippen LogP) is 3.12. The molecule has 0 unspecified atom stereocenters. The molecule has 0 fully saturated rings. The fourth-order valence-corrected chi connectivity index (χ4v) is 1.85. The van der Waals surface area contributed by atoms with E-state index in [0.717, 1.165) is 0 Å². The summed E-state index contributed by atoms with van der Waals surface area (Å²) < 4.78 is 16.6. The van der Waals surface area contributed by atoms with E-state index in [1.807, 2.05) is 6.92 Å². The zero-order valence-corrected chi connectivity index (χ0v) is 12.4. The number of hydrogen-bond donors (Lipinski definition) is 0. The molecule has 110 valence electrons. The lowest BCUT2D eigenvalue weighted by molar-refractivity contribution is 0.118. The van der Waals surface area contributed by atoms with Crippen LogP contribution in [-0.2, 0) is 11.3 Å². The molecule has 2 rings (SSSR count). The Morgan fingerprint density at radius 3 is 2.76 bits per heavy atom. The van der Waals surface area contributed by atoms with Crippen LogP contribution in [0.3, 0.4) is 0 Å². The topological polar surface area (TPSA) is 48.7 Å². The summed E-state index contributed by atoms with van der Waals surface area (Å²) in [5.41, 5.74) is -0.368. The zero-order valence-electron chi connectivity index (χ0n) is 12.4. The van der Waals surface area contributed by atoms with Crippen molar-refractivity contribution >= 4 is 11.0 Å². The second-order valence-corrected chi connectivity index (χ2v) is 5.13. The molecule has 1 aromatic carbocycles. The lowest BCUT2D eigenvalue weighted by Gasteiger charge is -2.20. The van der Waals surface area contributed by atoms with Gasteiger partial charge in [0.2, 0.25) is 0 Å². The summed E-state index contributed by atoms with van der Waals surface area (Å²) in [4.78, 5) is 12.0. The fourth-order valence-electron chi connectivity index (χ4n) is 1.85. The molecule has 0 amide bonds. The van der Waals surface area contributed by atoms with E-state index in [0.29, 0.717) is 29.1 Å². The third-order valence-electron chi connectivity index (χ3n) is 2.92. The third kappa shape index (κ3) is 3.65. The average Bonchev–Trinajstić information content (AvgIpc) is 2.44. The summed E-state index contributed by atoms with van der Waals surface area (Å²) >= 11 is 0. The molecule has 0 radical (unpaired) electrons. The molecule has 2 aromatic rings. The van der Waals surface area contributed by atoms with Crippen LogP contribution in [0.2, 0.25) is 0 Å². The third-order valence-corrected chi connectivity index (χ3v) is 2.92. The molecule has 0 aliphatic heterocycles. The molecule has 0 saturated heterocycles. The van der Waals surface area contributed by atoms with E-state index in [-0.39, 0.29) is 12.0 Å². The highest BCUT2D eigenvalue weighted by Crippen LogP contribution is 2.23. The van der Waals surface area contributed by atoms with Crippen molar-refractivity contribution in [2.45, 2.75) is 33.0 Å². The van der Waals surface area contributed by atoms with Crippen molar-refractivity contribution in [1.82, 2.24) is 0 Å². The van der Waals surface area contributed by atoms with Gasteiger partial charge in [0.05, 0.1) is 5.39 Å². The van der Waals surface area contributed by atoms with E-state index in [4.69, 9.17) is 20.3 Å². The molecule has 1 heterocycles. The Labute approximate surface area is 123 Å². The van der Waals surface area contributed by atoms with Crippen molar-refractivity contribution in [3.05, 3.63) is 40.2 Å². The van der Waals surface area contributed by atoms with Crippen molar-refractivity contribution < 1.29 is 13.9 Å². The van der Waals surface area contributed by atoms with Crippen LogP contribution in [0, 0.1) is 12.3 Å². The summed E-state index contributed by atoms with van der Waals surface area (Å²) in [5.74, 6) is 3.60. The van der Waals surface area contributed by atoms with Crippen molar-refractivity contribution in [3.63, 3.8) is 0 Å². The van der Waals surface area contributed by atoms with Gasteiger partial charge in [-0.1, -0.05) is 5.92 Å². The minimum absolute atomic E-state index is 0.103. The van der Waals surface area contributed by atoms with Gasteiger partial charge in [-0.05, 0) is 32.9 Å². The minimum Gasteiger partial charge on any atom is -0.475 e. The molecule has 0 aliphatic carbocycles. The minimum atomic E-state index is -0.725. The Morgan fingerprint density at radius 2 is 2.10 bits per heavy atom. The van der Waals surface area contributed by atoms with Crippen molar-refractivity contribution in [3.8, 4) is 18.1 Å². The van der Waals surface area contributed by atoms with E-state index < -0.39 is 5.60 Å². The largest absolute Gasteiger partial charge is 0.475 e. The second-order valence-electron chi connectivity index (χ2n) is 5.13. The molecule has 4 heteroatoms. The van der Waals surface area contributed by atoms with Crippen LogP contribution in [0.4, 0.5) is 0 Å². The Hall–Kier alpha value is -2.25. The number of rotatable bonds is 5.